The Labute approximate surface area is 164 Å². The Morgan fingerprint density at radius 3 is 2.79 bits per heavy atom. The van der Waals surface area contributed by atoms with Crippen LogP contribution in [0.2, 0.25) is 0 Å². The number of nitrogens with zero attached hydrogens (tertiary/aromatic N) is 1. The van der Waals surface area contributed by atoms with Gasteiger partial charge in [0.1, 0.15) is 11.5 Å². The summed E-state index contributed by atoms with van der Waals surface area (Å²) in [5, 5.41) is 19.2. The standard InChI is InChI=1S/C21H26N4O3/c1-2-22-21(25-17-11-14-28-19-10-6-4-7-15(17)19)24-13-12-23-20(27)16-8-3-5-9-18(16)26/h3-10,17,26H,2,11-14H2,1H3,(H,23,27)(H2,22,24,25). The predicted molar refractivity (Wildman–Crippen MR) is 109 cm³/mol. The number of phenols is 1. The van der Waals surface area contributed by atoms with Crippen LogP contribution in [-0.4, -0.2) is 43.2 Å². The third-order valence-corrected chi connectivity index (χ3v) is 4.43. The van der Waals surface area contributed by atoms with Crippen molar-refractivity contribution >= 4 is 11.9 Å². The van der Waals surface area contributed by atoms with Crippen molar-refractivity contribution < 1.29 is 14.6 Å². The van der Waals surface area contributed by atoms with Gasteiger partial charge in [-0.3, -0.25) is 9.79 Å². The van der Waals surface area contributed by atoms with Crippen LogP contribution in [0.4, 0.5) is 0 Å². The molecular weight excluding hydrogens is 356 g/mol. The molecule has 0 saturated heterocycles. The number of nitrogens with one attached hydrogen (secondary N) is 3. The number of hydrogen-bond acceptors (Lipinski definition) is 4. The molecule has 0 aromatic heterocycles. The van der Waals surface area contributed by atoms with Gasteiger partial charge in [0.25, 0.3) is 5.91 Å². The molecule has 7 nitrogen and oxygen atoms in total. The summed E-state index contributed by atoms with van der Waals surface area (Å²) in [5.41, 5.74) is 1.38. The van der Waals surface area contributed by atoms with Gasteiger partial charge in [-0.2, -0.15) is 0 Å². The molecule has 1 amide bonds. The topological polar surface area (TPSA) is 95.0 Å². The number of fused-ring (bicyclic) bond motifs is 1. The lowest BCUT2D eigenvalue weighted by Crippen LogP contribution is -2.41. The third-order valence-electron chi connectivity index (χ3n) is 4.43. The van der Waals surface area contributed by atoms with E-state index in [4.69, 9.17) is 4.74 Å². The average molecular weight is 382 g/mol. The maximum atomic E-state index is 12.1. The van der Waals surface area contributed by atoms with Crippen molar-refractivity contribution in [1.82, 2.24) is 16.0 Å². The molecule has 0 spiro atoms. The van der Waals surface area contributed by atoms with Crippen LogP contribution in [0.25, 0.3) is 0 Å². The van der Waals surface area contributed by atoms with Crippen molar-refractivity contribution in [2.45, 2.75) is 19.4 Å². The Hall–Kier alpha value is -3.22. The first-order chi connectivity index (χ1) is 13.7. The molecule has 1 aliphatic heterocycles. The number of aromatic hydroxyl groups is 1. The second kappa shape index (κ2) is 9.64. The fourth-order valence-electron chi connectivity index (χ4n) is 3.08. The minimum atomic E-state index is -0.315. The first-order valence-corrected chi connectivity index (χ1v) is 9.51. The lowest BCUT2D eigenvalue weighted by Gasteiger charge is -2.28. The third kappa shape index (κ3) is 4.94. The van der Waals surface area contributed by atoms with Crippen LogP contribution in [0.15, 0.2) is 53.5 Å². The van der Waals surface area contributed by atoms with E-state index in [0.29, 0.717) is 25.7 Å². The number of para-hydroxylation sites is 2. The van der Waals surface area contributed by atoms with E-state index in [1.807, 2.05) is 25.1 Å². The van der Waals surface area contributed by atoms with E-state index in [0.717, 1.165) is 24.3 Å². The molecule has 0 bridgehead atoms. The molecule has 0 saturated carbocycles. The zero-order valence-electron chi connectivity index (χ0n) is 15.9. The van der Waals surface area contributed by atoms with E-state index in [1.165, 1.54) is 6.07 Å². The van der Waals surface area contributed by atoms with Gasteiger partial charge in [0, 0.05) is 25.1 Å². The number of rotatable bonds is 6. The van der Waals surface area contributed by atoms with E-state index in [-0.39, 0.29) is 23.3 Å². The first-order valence-electron chi connectivity index (χ1n) is 9.51. The molecule has 0 aliphatic carbocycles. The van der Waals surface area contributed by atoms with E-state index in [1.54, 1.807) is 18.2 Å². The highest BCUT2D eigenvalue weighted by Crippen LogP contribution is 2.31. The number of carbonyl (C=O) groups excluding carboxylic acids is 1. The van der Waals surface area contributed by atoms with E-state index in [2.05, 4.69) is 27.0 Å². The van der Waals surface area contributed by atoms with Gasteiger partial charge in [0.2, 0.25) is 0 Å². The summed E-state index contributed by atoms with van der Waals surface area (Å²) in [5.74, 6) is 1.25. The van der Waals surface area contributed by atoms with Crippen LogP contribution < -0.4 is 20.7 Å². The average Bonchev–Trinajstić information content (AvgIpc) is 2.71. The van der Waals surface area contributed by atoms with Gasteiger partial charge in [-0.05, 0) is 25.1 Å². The molecule has 1 aliphatic rings. The van der Waals surface area contributed by atoms with Crippen molar-refractivity contribution in [3.63, 3.8) is 0 Å². The fourth-order valence-corrected chi connectivity index (χ4v) is 3.08. The molecule has 28 heavy (non-hydrogen) atoms. The number of guanidine groups is 1. The Balaban J connectivity index is 1.56. The van der Waals surface area contributed by atoms with Gasteiger partial charge in [-0.25, -0.2) is 0 Å². The minimum Gasteiger partial charge on any atom is -0.507 e. The number of ether oxygens (including phenoxy) is 1. The monoisotopic (exact) mass is 382 g/mol. The smallest absolute Gasteiger partial charge is 0.255 e. The molecule has 1 atom stereocenters. The molecule has 2 aromatic rings. The van der Waals surface area contributed by atoms with Crippen LogP contribution >= 0.6 is 0 Å². The highest BCUT2D eigenvalue weighted by molar-refractivity contribution is 5.96. The van der Waals surface area contributed by atoms with E-state index < -0.39 is 0 Å². The second-order valence-corrected chi connectivity index (χ2v) is 6.41. The number of amides is 1. The number of benzene rings is 2. The van der Waals surface area contributed by atoms with Crippen LogP contribution in [-0.2, 0) is 0 Å². The van der Waals surface area contributed by atoms with Crippen molar-refractivity contribution in [3.8, 4) is 11.5 Å². The van der Waals surface area contributed by atoms with Crippen molar-refractivity contribution in [1.29, 1.82) is 0 Å². The Morgan fingerprint density at radius 2 is 1.96 bits per heavy atom. The van der Waals surface area contributed by atoms with Gasteiger partial charge in [0.15, 0.2) is 5.96 Å². The molecule has 148 valence electrons. The van der Waals surface area contributed by atoms with Crippen LogP contribution in [0, 0.1) is 0 Å². The number of hydrogen-bond donors (Lipinski definition) is 4. The zero-order chi connectivity index (χ0) is 19.8. The molecule has 7 heteroatoms. The molecule has 1 unspecified atom stereocenters. The minimum absolute atomic E-state index is 0.0308. The molecule has 0 radical (unpaired) electrons. The van der Waals surface area contributed by atoms with Gasteiger partial charge in [-0.15, -0.1) is 0 Å². The number of phenolic OH excluding ortho intramolecular Hbond substituents is 1. The lowest BCUT2D eigenvalue weighted by molar-refractivity contribution is 0.0952. The summed E-state index contributed by atoms with van der Waals surface area (Å²) in [7, 11) is 0. The van der Waals surface area contributed by atoms with Crippen LogP contribution in [0.5, 0.6) is 11.5 Å². The summed E-state index contributed by atoms with van der Waals surface area (Å²) >= 11 is 0. The quantitative estimate of drug-likeness (QED) is 0.349. The predicted octanol–water partition coefficient (Wildman–Crippen LogP) is 2.20. The Bertz CT molecular complexity index is 838. The van der Waals surface area contributed by atoms with Gasteiger partial charge in [-0.1, -0.05) is 30.3 Å². The van der Waals surface area contributed by atoms with E-state index >= 15 is 0 Å². The van der Waals surface area contributed by atoms with Gasteiger partial charge >= 0.3 is 0 Å². The molecule has 4 N–H and O–H groups in total. The summed E-state index contributed by atoms with van der Waals surface area (Å²) in [6.45, 7) is 4.19. The number of aliphatic imine (C=N–C) groups is 1. The summed E-state index contributed by atoms with van der Waals surface area (Å²) in [6.07, 6.45) is 0.853. The highest BCUT2D eigenvalue weighted by atomic mass is 16.5. The van der Waals surface area contributed by atoms with Crippen molar-refractivity contribution in [3.05, 3.63) is 59.7 Å². The maximum Gasteiger partial charge on any atom is 0.255 e. The van der Waals surface area contributed by atoms with Gasteiger partial charge < -0.3 is 25.8 Å². The van der Waals surface area contributed by atoms with Crippen LogP contribution in [0.3, 0.4) is 0 Å². The Morgan fingerprint density at radius 1 is 1.18 bits per heavy atom. The van der Waals surface area contributed by atoms with Crippen molar-refractivity contribution in [2.75, 3.05) is 26.2 Å². The SMILES string of the molecule is CCNC(=NCCNC(=O)c1ccccc1O)NC1CCOc2ccccc21. The summed E-state index contributed by atoms with van der Waals surface area (Å²) in [6, 6.07) is 14.6. The van der Waals surface area contributed by atoms with Gasteiger partial charge in [0.05, 0.1) is 24.8 Å². The zero-order valence-corrected chi connectivity index (χ0v) is 15.9. The van der Waals surface area contributed by atoms with Crippen molar-refractivity contribution in [2.24, 2.45) is 4.99 Å². The molecule has 2 aromatic carbocycles. The molecular formula is C21H26N4O3. The fraction of sp³-hybridized carbons (Fsp3) is 0.333. The summed E-state index contributed by atoms with van der Waals surface area (Å²) < 4.78 is 5.70. The maximum absolute atomic E-state index is 12.1. The van der Waals surface area contributed by atoms with E-state index in [9.17, 15) is 9.90 Å². The largest absolute Gasteiger partial charge is 0.507 e. The highest BCUT2D eigenvalue weighted by Gasteiger charge is 2.21. The molecule has 0 fully saturated rings. The lowest BCUT2D eigenvalue weighted by atomic mass is 10.0. The molecule has 1 heterocycles. The number of carbonyl (C=O) groups is 1. The summed E-state index contributed by atoms with van der Waals surface area (Å²) in [4.78, 5) is 16.7. The Kier molecular flexibility index (Phi) is 6.73. The molecule has 3 rings (SSSR count). The first kappa shape index (κ1) is 19.5. The van der Waals surface area contributed by atoms with Crippen LogP contribution in [0.1, 0.15) is 35.3 Å². The normalized spacial score (nSPS) is 15.9. The second-order valence-electron chi connectivity index (χ2n) is 6.41.